The molecule has 0 aliphatic heterocycles. The van der Waals surface area contributed by atoms with Crippen LogP contribution >= 0.6 is 0 Å². The van der Waals surface area contributed by atoms with Crippen molar-refractivity contribution < 1.29 is 10.3 Å². The highest BCUT2D eigenvalue weighted by atomic mass is 16.4. The average Bonchev–Trinajstić information content (AvgIpc) is 2.34. The van der Waals surface area contributed by atoms with Gasteiger partial charge in [-0.05, 0) is 45.4 Å². The second-order valence-corrected chi connectivity index (χ2v) is 5.57. The summed E-state index contributed by atoms with van der Waals surface area (Å²) in [6, 6.07) is 3.57. The van der Waals surface area contributed by atoms with Crippen molar-refractivity contribution in [3.8, 4) is 0 Å². The standard InChI is InChI=1S/C13H22N4O2/c1-12(2,13(3,4)18)16-8-9-5-6-15-10(7-9)11(14)17-19/h5-7,16,18-19H,8H2,1-4H3,(H2,14,17). The van der Waals surface area contributed by atoms with E-state index < -0.39 is 11.1 Å². The van der Waals surface area contributed by atoms with Crippen LogP contribution in [-0.2, 0) is 6.54 Å². The number of rotatable bonds is 5. The smallest absolute Gasteiger partial charge is 0.188 e. The molecule has 0 aliphatic rings. The van der Waals surface area contributed by atoms with Crippen LogP contribution in [0, 0.1) is 0 Å². The predicted molar refractivity (Wildman–Crippen MR) is 74.0 cm³/mol. The van der Waals surface area contributed by atoms with Gasteiger partial charge >= 0.3 is 0 Å². The van der Waals surface area contributed by atoms with E-state index in [2.05, 4.69) is 15.5 Å². The Bertz CT molecular complexity index is 464. The van der Waals surface area contributed by atoms with Gasteiger partial charge in [0.2, 0.25) is 0 Å². The van der Waals surface area contributed by atoms with Crippen molar-refractivity contribution in [3.63, 3.8) is 0 Å². The summed E-state index contributed by atoms with van der Waals surface area (Å²) in [6.07, 6.45) is 1.60. The number of nitrogens with zero attached hydrogens (tertiary/aromatic N) is 2. The Balaban J connectivity index is 2.80. The van der Waals surface area contributed by atoms with Gasteiger partial charge in [-0.1, -0.05) is 5.16 Å². The van der Waals surface area contributed by atoms with Gasteiger partial charge in [0.25, 0.3) is 0 Å². The number of aromatic nitrogens is 1. The highest BCUT2D eigenvalue weighted by Gasteiger charge is 2.34. The molecular formula is C13H22N4O2. The summed E-state index contributed by atoms with van der Waals surface area (Å²) >= 11 is 0. The number of nitrogens with two attached hydrogens (primary N) is 1. The topological polar surface area (TPSA) is 104 Å². The molecular weight excluding hydrogens is 244 g/mol. The van der Waals surface area contributed by atoms with Crippen LogP contribution < -0.4 is 11.1 Å². The molecule has 0 aliphatic carbocycles. The molecule has 0 unspecified atom stereocenters. The Kier molecular flexibility index (Phi) is 4.49. The van der Waals surface area contributed by atoms with Crippen molar-refractivity contribution in [2.45, 2.75) is 45.4 Å². The Morgan fingerprint density at radius 3 is 2.58 bits per heavy atom. The molecule has 0 amide bonds. The quantitative estimate of drug-likeness (QED) is 0.273. The minimum atomic E-state index is -0.853. The molecule has 0 spiro atoms. The molecule has 6 nitrogen and oxygen atoms in total. The van der Waals surface area contributed by atoms with Gasteiger partial charge in [-0.3, -0.25) is 4.98 Å². The lowest BCUT2D eigenvalue weighted by Gasteiger charge is -2.38. The Morgan fingerprint density at radius 1 is 1.42 bits per heavy atom. The molecule has 1 aromatic rings. The molecule has 0 radical (unpaired) electrons. The van der Waals surface area contributed by atoms with Gasteiger partial charge in [-0.15, -0.1) is 0 Å². The van der Waals surface area contributed by atoms with E-state index in [9.17, 15) is 5.11 Å². The fraction of sp³-hybridized carbons (Fsp3) is 0.538. The summed E-state index contributed by atoms with van der Waals surface area (Å²) in [5.41, 5.74) is 5.55. The molecule has 0 fully saturated rings. The molecule has 19 heavy (non-hydrogen) atoms. The highest BCUT2D eigenvalue weighted by Crippen LogP contribution is 2.21. The Hall–Kier alpha value is -1.66. The van der Waals surface area contributed by atoms with Gasteiger partial charge in [0.15, 0.2) is 5.84 Å². The molecule has 6 heteroatoms. The number of aliphatic hydroxyl groups is 1. The fourth-order valence-corrected chi connectivity index (χ4v) is 1.31. The monoisotopic (exact) mass is 266 g/mol. The van der Waals surface area contributed by atoms with Crippen molar-refractivity contribution in [2.75, 3.05) is 0 Å². The first-order valence-electron chi connectivity index (χ1n) is 6.07. The predicted octanol–water partition coefficient (Wildman–Crippen LogP) is 0.815. The number of nitrogens with one attached hydrogen (secondary N) is 1. The lowest BCUT2D eigenvalue weighted by atomic mass is 9.86. The summed E-state index contributed by atoms with van der Waals surface area (Å²) in [5.74, 6) is -0.0244. The first-order valence-corrected chi connectivity index (χ1v) is 6.07. The van der Waals surface area contributed by atoms with Gasteiger partial charge < -0.3 is 21.4 Å². The van der Waals surface area contributed by atoms with Crippen LogP contribution in [0.5, 0.6) is 0 Å². The molecule has 0 atom stereocenters. The van der Waals surface area contributed by atoms with Crippen LogP contribution in [0.1, 0.15) is 39.0 Å². The highest BCUT2D eigenvalue weighted by molar-refractivity contribution is 5.95. The molecule has 0 saturated carbocycles. The molecule has 5 N–H and O–H groups in total. The van der Waals surface area contributed by atoms with E-state index in [4.69, 9.17) is 10.9 Å². The van der Waals surface area contributed by atoms with E-state index in [1.165, 1.54) is 0 Å². The number of pyridine rings is 1. The van der Waals surface area contributed by atoms with Crippen molar-refractivity contribution in [1.29, 1.82) is 0 Å². The van der Waals surface area contributed by atoms with Gasteiger partial charge in [0.1, 0.15) is 5.69 Å². The fourth-order valence-electron chi connectivity index (χ4n) is 1.31. The summed E-state index contributed by atoms with van der Waals surface area (Å²) in [7, 11) is 0. The SMILES string of the molecule is CC(C)(O)C(C)(C)NCc1ccnc(/C(N)=N/O)c1. The Morgan fingerprint density at radius 2 is 2.05 bits per heavy atom. The second-order valence-electron chi connectivity index (χ2n) is 5.57. The minimum absolute atomic E-state index is 0.0244. The van der Waals surface area contributed by atoms with E-state index in [0.717, 1.165) is 5.56 Å². The minimum Gasteiger partial charge on any atom is -0.409 e. The first kappa shape index (κ1) is 15.4. The van der Waals surface area contributed by atoms with E-state index in [0.29, 0.717) is 12.2 Å². The van der Waals surface area contributed by atoms with Gasteiger partial charge in [0, 0.05) is 18.3 Å². The number of hydrogen-bond acceptors (Lipinski definition) is 5. The van der Waals surface area contributed by atoms with Crippen LogP contribution in [0.4, 0.5) is 0 Å². The average molecular weight is 266 g/mol. The van der Waals surface area contributed by atoms with Crippen LogP contribution in [-0.4, -0.2) is 32.3 Å². The zero-order valence-corrected chi connectivity index (χ0v) is 11.8. The lowest BCUT2D eigenvalue weighted by Crippen LogP contribution is -2.55. The molecule has 1 rings (SSSR count). The second kappa shape index (κ2) is 5.54. The maximum Gasteiger partial charge on any atom is 0.188 e. The third-order valence-corrected chi connectivity index (χ3v) is 3.46. The third-order valence-electron chi connectivity index (χ3n) is 3.46. The number of hydrogen-bond donors (Lipinski definition) is 4. The third kappa shape index (κ3) is 3.90. The number of oxime groups is 1. The maximum absolute atomic E-state index is 10.1. The summed E-state index contributed by atoms with van der Waals surface area (Å²) in [4.78, 5) is 4.01. The van der Waals surface area contributed by atoms with Gasteiger partial charge in [0.05, 0.1) is 5.60 Å². The summed E-state index contributed by atoms with van der Waals surface area (Å²) < 4.78 is 0. The largest absolute Gasteiger partial charge is 0.409 e. The van der Waals surface area contributed by atoms with E-state index in [1.807, 2.05) is 19.9 Å². The van der Waals surface area contributed by atoms with Crippen LogP contribution in [0.15, 0.2) is 23.5 Å². The molecule has 1 aromatic heterocycles. The van der Waals surface area contributed by atoms with Crippen LogP contribution in [0.3, 0.4) is 0 Å². The molecule has 0 bridgehead atoms. The van der Waals surface area contributed by atoms with Crippen molar-refractivity contribution in [3.05, 3.63) is 29.6 Å². The molecule has 106 valence electrons. The maximum atomic E-state index is 10.1. The van der Waals surface area contributed by atoms with Crippen molar-refractivity contribution in [1.82, 2.24) is 10.3 Å². The zero-order chi connectivity index (χ0) is 14.7. The van der Waals surface area contributed by atoms with Crippen molar-refractivity contribution in [2.24, 2.45) is 10.9 Å². The molecule has 0 saturated heterocycles. The summed E-state index contributed by atoms with van der Waals surface area (Å²) in [6.45, 7) is 7.92. The van der Waals surface area contributed by atoms with E-state index in [-0.39, 0.29) is 5.84 Å². The molecule has 1 heterocycles. The Labute approximate surface area is 113 Å². The molecule has 0 aromatic carbocycles. The number of amidine groups is 1. The normalized spacial score (nSPS) is 13.6. The van der Waals surface area contributed by atoms with Gasteiger partial charge in [-0.2, -0.15) is 0 Å². The van der Waals surface area contributed by atoms with E-state index in [1.54, 1.807) is 26.1 Å². The summed E-state index contributed by atoms with van der Waals surface area (Å²) in [5, 5.41) is 24.9. The van der Waals surface area contributed by atoms with E-state index >= 15 is 0 Å². The lowest BCUT2D eigenvalue weighted by molar-refractivity contribution is -0.00532. The zero-order valence-electron chi connectivity index (χ0n) is 11.8. The first-order chi connectivity index (χ1) is 8.67. The van der Waals surface area contributed by atoms with Crippen LogP contribution in [0.2, 0.25) is 0 Å². The van der Waals surface area contributed by atoms with Crippen molar-refractivity contribution >= 4 is 5.84 Å². The van der Waals surface area contributed by atoms with Crippen LogP contribution in [0.25, 0.3) is 0 Å². The van der Waals surface area contributed by atoms with Gasteiger partial charge in [-0.25, -0.2) is 0 Å².